The van der Waals surface area contributed by atoms with Crippen molar-refractivity contribution in [3.8, 4) is 5.75 Å². The highest BCUT2D eigenvalue weighted by Crippen LogP contribution is 2.44. The molecule has 1 aromatic rings. The Morgan fingerprint density at radius 3 is 2.40 bits per heavy atom. The van der Waals surface area contributed by atoms with E-state index in [1.54, 1.807) is 7.11 Å². The van der Waals surface area contributed by atoms with Crippen LogP contribution in [0.25, 0.3) is 0 Å². The summed E-state index contributed by atoms with van der Waals surface area (Å²) < 4.78 is 5.29. The Bertz CT molecular complexity index is 490. The molecule has 1 aromatic carbocycles. The third-order valence-corrected chi connectivity index (χ3v) is 4.32. The van der Waals surface area contributed by atoms with E-state index in [0.29, 0.717) is 12.8 Å². The van der Waals surface area contributed by atoms with Crippen molar-refractivity contribution in [1.29, 1.82) is 0 Å². The van der Waals surface area contributed by atoms with Crippen LogP contribution in [0.15, 0.2) is 18.2 Å². The van der Waals surface area contributed by atoms with Gasteiger partial charge in [-0.3, -0.25) is 4.79 Å². The highest BCUT2D eigenvalue weighted by atomic mass is 16.5. The van der Waals surface area contributed by atoms with E-state index >= 15 is 0 Å². The fraction of sp³-hybridized carbons (Fsp3) is 0.562. The van der Waals surface area contributed by atoms with Crippen LogP contribution in [0.2, 0.25) is 0 Å². The maximum atomic E-state index is 12.0. The predicted molar refractivity (Wildman–Crippen MR) is 79.7 cm³/mol. The molecule has 0 unspecified atom stereocenters. The maximum absolute atomic E-state index is 12.0. The minimum atomic E-state index is -0.771. The molecule has 4 heteroatoms. The van der Waals surface area contributed by atoms with Gasteiger partial charge in [0, 0.05) is 19.8 Å². The molecular formula is C16H23NO3. The molecule has 0 radical (unpaired) electrons. The van der Waals surface area contributed by atoms with Crippen molar-refractivity contribution in [2.75, 3.05) is 26.1 Å². The van der Waals surface area contributed by atoms with Gasteiger partial charge in [-0.1, -0.05) is 19.3 Å². The highest BCUT2D eigenvalue weighted by molar-refractivity contribution is 5.84. The van der Waals surface area contributed by atoms with Crippen LogP contribution in [-0.2, 0) is 10.2 Å². The number of hydrogen-bond donors (Lipinski definition) is 1. The quantitative estimate of drug-likeness (QED) is 0.919. The van der Waals surface area contributed by atoms with Gasteiger partial charge < -0.3 is 14.7 Å². The van der Waals surface area contributed by atoms with Crippen LogP contribution in [-0.4, -0.2) is 32.3 Å². The van der Waals surface area contributed by atoms with Gasteiger partial charge in [-0.05, 0) is 36.6 Å². The molecule has 0 aromatic heterocycles. The monoisotopic (exact) mass is 277 g/mol. The molecule has 0 spiro atoms. The molecule has 20 heavy (non-hydrogen) atoms. The van der Waals surface area contributed by atoms with Crippen LogP contribution in [0, 0.1) is 0 Å². The van der Waals surface area contributed by atoms with Crippen molar-refractivity contribution in [2.45, 2.75) is 37.5 Å². The van der Waals surface area contributed by atoms with Crippen LogP contribution in [0.1, 0.15) is 37.7 Å². The van der Waals surface area contributed by atoms with Crippen LogP contribution in [0.4, 0.5) is 5.69 Å². The molecule has 1 N–H and O–H groups in total. The highest BCUT2D eigenvalue weighted by Gasteiger charge is 2.43. The molecule has 0 aliphatic heterocycles. The molecule has 1 fully saturated rings. The normalized spacial score (nSPS) is 17.6. The third kappa shape index (κ3) is 2.47. The molecule has 0 amide bonds. The summed E-state index contributed by atoms with van der Waals surface area (Å²) in [6.07, 6.45) is 4.47. The number of aliphatic carboxylic acids is 1. The van der Waals surface area contributed by atoms with Gasteiger partial charge in [0.1, 0.15) is 5.75 Å². The first kappa shape index (κ1) is 14.7. The zero-order valence-corrected chi connectivity index (χ0v) is 12.5. The average Bonchev–Trinajstić information content (AvgIpc) is 2.47. The molecule has 0 bridgehead atoms. The Labute approximate surface area is 120 Å². The fourth-order valence-corrected chi connectivity index (χ4v) is 3.17. The first-order valence-electron chi connectivity index (χ1n) is 7.10. The SMILES string of the molecule is COc1ccc(N(C)C)c(C2(C(=O)O)CCCCC2)c1. The summed E-state index contributed by atoms with van der Waals surface area (Å²) in [6.45, 7) is 0. The number of nitrogens with zero attached hydrogens (tertiary/aromatic N) is 1. The van der Waals surface area contributed by atoms with Crippen LogP contribution >= 0.6 is 0 Å². The van der Waals surface area contributed by atoms with E-state index in [9.17, 15) is 9.90 Å². The number of benzene rings is 1. The number of hydrogen-bond acceptors (Lipinski definition) is 3. The molecule has 1 aliphatic carbocycles. The molecule has 1 aliphatic rings. The molecule has 4 nitrogen and oxygen atoms in total. The van der Waals surface area contributed by atoms with Crippen molar-refractivity contribution in [1.82, 2.24) is 0 Å². The second kappa shape index (κ2) is 5.73. The van der Waals surface area contributed by atoms with Gasteiger partial charge in [0.2, 0.25) is 0 Å². The van der Waals surface area contributed by atoms with Gasteiger partial charge >= 0.3 is 5.97 Å². The number of carbonyl (C=O) groups is 1. The molecule has 0 atom stereocenters. The van der Waals surface area contributed by atoms with E-state index in [1.807, 2.05) is 37.2 Å². The topological polar surface area (TPSA) is 49.8 Å². The van der Waals surface area contributed by atoms with Crippen molar-refractivity contribution < 1.29 is 14.6 Å². The van der Waals surface area contributed by atoms with Gasteiger partial charge in [-0.2, -0.15) is 0 Å². The molecular weight excluding hydrogens is 254 g/mol. The molecule has 0 saturated heterocycles. The molecule has 0 heterocycles. The summed E-state index contributed by atoms with van der Waals surface area (Å²) >= 11 is 0. The lowest BCUT2D eigenvalue weighted by Gasteiger charge is -2.36. The Morgan fingerprint density at radius 1 is 1.25 bits per heavy atom. The Kier molecular flexibility index (Phi) is 4.21. The van der Waals surface area contributed by atoms with E-state index in [1.165, 1.54) is 0 Å². The summed E-state index contributed by atoms with van der Waals surface area (Å²) in [5.74, 6) is 0.00496. The van der Waals surface area contributed by atoms with Crippen molar-refractivity contribution in [3.63, 3.8) is 0 Å². The van der Waals surface area contributed by atoms with Gasteiger partial charge in [-0.25, -0.2) is 0 Å². The number of rotatable bonds is 4. The molecule has 2 rings (SSSR count). The van der Waals surface area contributed by atoms with Gasteiger partial charge in [-0.15, -0.1) is 0 Å². The van der Waals surface area contributed by atoms with Crippen LogP contribution in [0.5, 0.6) is 5.75 Å². The van der Waals surface area contributed by atoms with Crippen LogP contribution < -0.4 is 9.64 Å². The lowest BCUT2D eigenvalue weighted by molar-refractivity contribution is -0.145. The summed E-state index contributed by atoms with van der Waals surface area (Å²) in [4.78, 5) is 14.0. The zero-order chi connectivity index (χ0) is 14.8. The number of methoxy groups -OCH3 is 1. The number of carboxylic acid groups (broad SMARTS) is 1. The first-order chi connectivity index (χ1) is 9.51. The van der Waals surface area contributed by atoms with Gasteiger partial charge in [0.05, 0.1) is 12.5 Å². The minimum absolute atomic E-state index is 0.705. The third-order valence-electron chi connectivity index (χ3n) is 4.32. The maximum Gasteiger partial charge on any atom is 0.314 e. The smallest absolute Gasteiger partial charge is 0.314 e. The lowest BCUT2D eigenvalue weighted by Crippen LogP contribution is -2.39. The summed E-state index contributed by atoms with van der Waals surface area (Å²) in [5, 5.41) is 9.85. The predicted octanol–water partition coefficient (Wildman–Crippen LogP) is 3.05. The molecule has 1 saturated carbocycles. The van der Waals surface area contributed by atoms with Crippen LogP contribution in [0.3, 0.4) is 0 Å². The minimum Gasteiger partial charge on any atom is -0.497 e. The Morgan fingerprint density at radius 2 is 1.90 bits per heavy atom. The number of ether oxygens (including phenoxy) is 1. The van der Waals surface area contributed by atoms with Gasteiger partial charge in [0.15, 0.2) is 0 Å². The Hall–Kier alpha value is -1.71. The number of carboxylic acids is 1. The average molecular weight is 277 g/mol. The summed E-state index contributed by atoms with van der Waals surface area (Å²) in [7, 11) is 5.51. The van der Waals surface area contributed by atoms with E-state index in [4.69, 9.17) is 4.74 Å². The Balaban J connectivity index is 2.59. The van der Waals surface area contributed by atoms with Crippen molar-refractivity contribution in [3.05, 3.63) is 23.8 Å². The van der Waals surface area contributed by atoms with E-state index in [-0.39, 0.29) is 0 Å². The summed E-state index contributed by atoms with van der Waals surface area (Å²) in [6, 6.07) is 5.74. The van der Waals surface area contributed by atoms with Crippen molar-refractivity contribution in [2.24, 2.45) is 0 Å². The second-order valence-corrected chi connectivity index (χ2v) is 5.73. The lowest BCUT2D eigenvalue weighted by atomic mass is 9.68. The van der Waals surface area contributed by atoms with E-state index in [2.05, 4.69) is 0 Å². The van der Waals surface area contributed by atoms with E-state index < -0.39 is 11.4 Å². The second-order valence-electron chi connectivity index (χ2n) is 5.73. The van der Waals surface area contributed by atoms with E-state index in [0.717, 1.165) is 36.3 Å². The number of anilines is 1. The fourth-order valence-electron chi connectivity index (χ4n) is 3.17. The molecule has 110 valence electrons. The first-order valence-corrected chi connectivity index (χ1v) is 7.10. The standard InChI is InChI=1S/C16H23NO3/c1-17(2)14-8-7-12(20-3)11-13(14)16(15(18)19)9-5-4-6-10-16/h7-8,11H,4-6,9-10H2,1-3H3,(H,18,19). The van der Waals surface area contributed by atoms with Crippen molar-refractivity contribution >= 4 is 11.7 Å². The largest absolute Gasteiger partial charge is 0.497 e. The van der Waals surface area contributed by atoms with Gasteiger partial charge in [0.25, 0.3) is 0 Å². The summed E-state index contributed by atoms with van der Waals surface area (Å²) in [5.41, 5.74) is 1.08. The zero-order valence-electron chi connectivity index (χ0n) is 12.5.